The van der Waals surface area contributed by atoms with Crippen LogP contribution >= 0.6 is 0 Å². The Morgan fingerprint density at radius 1 is 0.568 bits per heavy atom. The van der Waals surface area contributed by atoms with E-state index in [1.165, 1.54) is 16.4 Å². The summed E-state index contributed by atoms with van der Waals surface area (Å²) in [5.74, 6) is 2.80. The number of hydrogen-bond acceptors (Lipinski definition) is 4. The van der Waals surface area contributed by atoms with Crippen LogP contribution < -0.4 is 8.61 Å². The van der Waals surface area contributed by atoms with E-state index in [9.17, 15) is 16.8 Å². The first-order valence-corrected chi connectivity index (χ1v) is 14.4. The van der Waals surface area contributed by atoms with Crippen molar-refractivity contribution in [1.82, 2.24) is 0 Å². The molecule has 188 valence electrons. The van der Waals surface area contributed by atoms with Crippen molar-refractivity contribution in [3.63, 3.8) is 0 Å². The first kappa shape index (κ1) is 26.0. The van der Waals surface area contributed by atoms with Gasteiger partial charge in [-0.15, -0.1) is 0 Å². The number of hydrogen-bond donors (Lipinski definition) is 0. The van der Waals surface area contributed by atoms with Crippen LogP contribution in [-0.2, 0) is 20.0 Å². The van der Waals surface area contributed by atoms with E-state index in [0.29, 0.717) is 11.4 Å². The van der Waals surface area contributed by atoms with Gasteiger partial charge in [-0.25, -0.2) is 16.8 Å². The molecule has 4 aromatic carbocycles. The van der Waals surface area contributed by atoms with E-state index in [-0.39, 0.29) is 16.3 Å². The van der Waals surface area contributed by atoms with Crippen LogP contribution in [0.15, 0.2) is 119 Å². The number of rotatable bonds is 7. The topological polar surface area (TPSA) is 74.8 Å². The van der Waals surface area contributed by atoms with Gasteiger partial charge >= 0.3 is 0 Å². The summed E-state index contributed by atoms with van der Waals surface area (Å²) in [6, 6.07) is 32.8. The van der Waals surface area contributed by atoms with Crippen LogP contribution in [-0.4, -0.2) is 23.4 Å². The standard InChI is InChI=1S/C29H26N2O4S2/c1-24-14-18-28(19-15-24)36(32,33)30(26-10-5-3-6-11-26)22-9-23-31(27-12-7-4-8-13-27)37(34,35)29-20-16-25(2)17-21-29/h3-8,10-21H,22H2,1-2H3. The zero-order valence-electron chi connectivity index (χ0n) is 20.4. The molecule has 0 unspecified atom stereocenters. The number of nitrogens with zero attached hydrogens (tertiary/aromatic N) is 2. The second-order valence-electron chi connectivity index (χ2n) is 8.37. The quantitative estimate of drug-likeness (QED) is 0.238. The molecule has 0 amide bonds. The highest BCUT2D eigenvalue weighted by Crippen LogP contribution is 2.25. The first-order valence-electron chi connectivity index (χ1n) is 11.5. The molecule has 0 atom stereocenters. The molecule has 8 heteroatoms. The molecule has 0 saturated carbocycles. The third kappa shape index (κ3) is 5.85. The predicted octanol–water partition coefficient (Wildman–Crippen LogP) is 5.36. The van der Waals surface area contributed by atoms with Gasteiger partial charge in [-0.2, -0.15) is 4.31 Å². The molecule has 0 fully saturated rings. The van der Waals surface area contributed by atoms with E-state index in [1.807, 2.05) is 13.8 Å². The molecule has 4 rings (SSSR count). The molecule has 0 aliphatic carbocycles. The van der Waals surface area contributed by atoms with Gasteiger partial charge < -0.3 is 0 Å². The molecule has 4 aromatic rings. The Balaban J connectivity index is 1.76. The van der Waals surface area contributed by atoms with Crippen molar-refractivity contribution in [2.45, 2.75) is 23.6 Å². The smallest absolute Gasteiger partial charge is 0.254 e. The molecular weight excluding hydrogens is 504 g/mol. The predicted molar refractivity (Wildman–Crippen MR) is 147 cm³/mol. The number of anilines is 2. The van der Waals surface area contributed by atoms with E-state index in [2.05, 4.69) is 12.0 Å². The van der Waals surface area contributed by atoms with Crippen LogP contribution in [0.5, 0.6) is 0 Å². The van der Waals surface area contributed by atoms with Crippen LogP contribution in [0.3, 0.4) is 0 Å². The lowest BCUT2D eigenvalue weighted by Gasteiger charge is -2.23. The first-order chi connectivity index (χ1) is 17.7. The average Bonchev–Trinajstić information content (AvgIpc) is 2.90. The normalized spacial score (nSPS) is 11.3. The molecule has 0 N–H and O–H groups in total. The van der Waals surface area contributed by atoms with Crippen molar-refractivity contribution in [1.29, 1.82) is 0 Å². The van der Waals surface area contributed by atoms with E-state index >= 15 is 0 Å². The van der Waals surface area contributed by atoms with Crippen LogP contribution in [0.25, 0.3) is 0 Å². The van der Waals surface area contributed by atoms with Crippen molar-refractivity contribution < 1.29 is 16.8 Å². The van der Waals surface area contributed by atoms with Crippen molar-refractivity contribution in [3.05, 3.63) is 120 Å². The highest BCUT2D eigenvalue weighted by atomic mass is 32.2. The van der Waals surface area contributed by atoms with Crippen molar-refractivity contribution in [2.75, 3.05) is 15.2 Å². The molecule has 0 saturated heterocycles. The Kier molecular flexibility index (Phi) is 7.67. The van der Waals surface area contributed by atoms with E-state index in [4.69, 9.17) is 0 Å². The van der Waals surface area contributed by atoms with Gasteiger partial charge in [-0.3, -0.25) is 4.31 Å². The lowest BCUT2D eigenvalue weighted by molar-refractivity contribution is 0.592. The Bertz CT molecular complexity index is 1620. The number of aryl methyl sites for hydroxylation is 2. The lowest BCUT2D eigenvalue weighted by atomic mass is 10.2. The molecule has 0 spiro atoms. The zero-order valence-corrected chi connectivity index (χ0v) is 22.1. The summed E-state index contributed by atoms with van der Waals surface area (Å²) in [5, 5.41) is 0. The second-order valence-corrected chi connectivity index (χ2v) is 12.0. The van der Waals surface area contributed by atoms with Gasteiger partial charge in [0.15, 0.2) is 0 Å². The minimum atomic E-state index is -4.03. The van der Waals surface area contributed by atoms with Crippen molar-refractivity contribution in [3.8, 4) is 12.0 Å². The van der Waals surface area contributed by atoms with E-state index in [1.54, 1.807) is 97.1 Å². The summed E-state index contributed by atoms with van der Waals surface area (Å²) in [6.45, 7) is 3.49. The maximum atomic E-state index is 13.6. The summed E-state index contributed by atoms with van der Waals surface area (Å²) in [6.07, 6.45) is 0. The zero-order chi connectivity index (χ0) is 26.5. The third-order valence-electron chi connectivity index (χ3n) is 5.61. The van der Waals surface area contributed by atoms with Crippen LogP contribution in [0, 0.1) is 25.8 Å². The number of sulfonamides is 2. The molecule has 0 heterocycles. The number of benzene rings is 4. The summed E-state index contributed by atoms with van der Waals surface area (Å²) < 4.78 is 56.4. The molecule has 0 radical (unpaired) electrons. The molecule has 37 heavy (non-hydrogen) atoms. The summed E-state index contributed by atoms with van der Waals surface area (Å²) >= 11 is 0. The fraction of sp³-hybridized carbons (Fsp3) is 0.103. The van der Waals surface area contributed by atoms with Gasteiger partial charge in [-0.05, 0) is 62.4 Å². The molecule has 0 aliphatic rings. The fourth-order valence-electron chi connectivity index (χ4n) is 3.57. The largest absolute Gasteiger partial charge is 0.275 e. The van der Waals surface area contributed by atoms with Gasteiger partial charge in [0, 0.05) is 6.04 Å². The van der Waals surface area contributed by atoms with E-state index < -0.39 is 20.0 Å². The fourth-order valence-corrected chi connectivity index (χ4v) is 6.21. The summed E-state index contributed by atoms with van der Waals surface area (Å²) in [7, 11) is -8.00. The van der Waals surface area contributed by atoms with Gasteiger partial charge in [-0.1, -0.05) is 77.7 Å². The van der Waals surface area contributed by atoms with Gasteiger partial charge in [0.2, 0.25) is 0 Å². The molecular formula is C29H26N2O4S2. The highest BCUT2D eigenvalue weighted by molar-refractivity contribution is 7.93. The Morgan fingerprint density at radius 3 is 1.49 bits per heavy atom. The minimum absolute atomic E-state index is 0.0865. The van der Waals surface area contributed by atoms with Crippen LogP contribution in [0.1, 0.15) is 11.1 Å². The molecule has 6 nitrogen and oxygen atoms in total. The molecule has 0 aliphatic heterocycles. The molecule has 0 bridgehead atoms. The minimum Gasteiger partial charge on any atom is -0.254 e. The van der Waals surface area contributed by atoms with Crippen molar-refractivity contribution >= 4 is 31.4 Å². The Hall–Kier alpha value is -4.06. The maximum absolute atomic E-state index is 13.6. The monoisotopic (exact) mass is 530 g/mol. The SMILES string of the molecule is Cc1ccc(S(=O)(=O)N(C#CCN(c2ccccc2)S(=O)(=O)c2ccc(C)cc2)c2ccccc2)cc1. The maximum Gasteiger partial charge on any atom is 0.275 e. The third-order valence-corrected chi connectivity index (χ3v) is 9.05. The van der Waals surface area contributed by atoms with Gasteiger partial charge in [0.25, 0.3) is 20.0 Å². The Morgan fingerprint density at radius 2 is 1.00 bits per heavy atom. The van der Waals surface area contributed by atoms with Gasteiger partial charge in [0.1, 0.15) is 0 Å². The Labute approximate surface area is 218 Å². The van der Waals surface area contributed by atoms with Crippen LogP contribution in [0.4, 0.5) is 11.4 Å². The second kappa shape index (κ2) is 10.9. The highest BCUT2D eigenvalue weighted by Gasteiger charge is 2.26. The lowest BCUT2D eigenvalue weighted by Crippen LogP contribution is -2.32. The summed E-state index contributed by atoms with van der Waals surface area (Å²) in [5.41, 5.74) is 2.63. The average molecular weight is 531 g/mol. The van der Waals surface area contributed by atoms with Gasteiger partial charge in [0.05, 0.1) is 27.7 Å². The number of para-hydroxylation sites is 2. The van der Waals surface area contributed by atoms with Crippen molar-refractivity contribution in [2.24, 2.45) is 0 Å². The van der Waals surface area contributed by atoms with Crippen LogP contribution in [0.2, 0.25) is 0 Å². The summed E-state index contributed by atoms with van der Waals surface area (Å²) in [4.78, 5) is 0.208. The molecule has 0 aromatic heterocycles. The van der Waals surface area contributed by atoms with E-state index in [0.717, 1.165) is 15.4 Å².